The highest BCUT2D eigenvalue weighted by molar-refractivity contribution is 5.94. The molecule has 0 radical (unpaired) electrons. The first-order valence-corrected chi connectivity index (χ1v) is 11.2. The molecule has 0 unspecified atom stereocenters. The zero-order valence-electron chi connectivity index (χ0n) is 19.4. The van der Waals surface area contributed by atoms with E-state index >= 15 is 0 Å². The van der Waals surface area contributed by atoms with E-state index in [0.717, 1.165) is 30.0 Å². The quantitative estimate of drug-likeness (QED) is 0.745. The molecule has 0 atom stereocenters. The fourth-order valence-corrected chi connectivity index (χ4v) is 3.80. The second-order valence-corrected chi connectivity index (χ2v) is 9.80. The molecule has 0 saturated carbocycles. The molecular weight excluding hydrogens is 386 g/mol. The number of nitrogens with zero attached hydrogens (tertiary/aromatic N) is 2. The Morgan fingerprint density at radius 2 is 1.48 bits per heavy atom. The van der Waals surface area contributed by atoms with Gasteiger partial charge in [0, 0.05) is 49.5 Å². The Labute approximate surface area is 186 Å². The molecule has 31 heavy (non-hydrogen) atoms. The molecule has 1 N–H and O–H groups in total. The van der Waals surface area contributed by atoms with Crippen LogP contribution in [0.5, 0.6) is 0 Å². The van der Waals surface area contributed by atoms with Crippen LogP contribution in [0, 0.1) is 5.92 Å². The number of amides is 2. The summed E-state index contributed by atoms with van der Waals surface area (Å²) in [5.74, 6) is 0.489. The summed E-state index contributed by atoms with van der Waals surface area (Å²) in [6.45, 7) is 13.6. The van der Waals surface area contributed by atoms with Crippen molar-refractivity contribution in [3.63, 3.8) is 0 Å². The first-order valence-electron chi connectivity index (χ1n) is 11.2. The molecule has 2 amide bonds. The fourth-order valence-electron chi connectivity index (χ4n) is 3.80. The lowest BCUT2D eigenvalue weighted by Gasteiger charge is -2.36. The lowest BCUT2D eigenvalue weighted by atomic mass is 9.86. The van der Waals surface area contributed by atoms with Gasteiger partial charge in [-0.25, -0.2) is 0 Å². The predicted molar refractivity (Wildman–Crippen MR) is 128 cm³/mol. The summed E-state index contributed by atoms with van der Waals surface area (Å²) < 4.78 is 0. The number of hydrogen-bond donors (Lipinski definition) is 1. The van der Waals surface area contributed by atoms with Crippen molar-refractivity contribution in [3.05, 3.63) is 59.7 Å². The third-order valence-corrected chi connectivity index (χ3v) is 5.67. The van der Waals surface area contributed by atoms with Crippen LogP contribution >= 0.6 is 0 Å². The van der Waals surface area contributed by atoms with Gasteiger partial charge in [0.2, 0.25) is 5.91 Å². The van der Waals surface area contributed by atoms with Gasteiger partial charge in [-0.2, -0.15) is 0 Å². The van der Waals surface area contributed by atoms with Crippen molar-refractivity contribution in [2.45, 2.75) is 46.5 Å². The summed E-state index contributed by atoms with van der Waals surface area (Å²) in [6.07, 6.45) is 0.524. The van der Waals surface area contributed by atoms with E-state index in [2.05, 4.69) is 43.1 Å². The number of nitrogens with one attached hydrogen (secondary N) is 1. The number of hydrogen-bond acceptors (Lipinski definition) is 3. The van der Waals surface area contributed by atoms with Crippen LogP contribution in [0.2, 0.25) is 0 Å². The average Bonchev–Trinajstić information content (AvgIpc) is 2.73. The van der Waals surface area contributed by atoms with Crippen molar-refractivity contribution in [2.24, 2.45) is 5.92 Å². The maximum absolute atomic E-state index is 12.9. The van der Waals surface area contributed by atoms with E-state index in [1.54, 1.807) is 0 Å². The Kier molecular flexibility index (Phi) is 7.04. The van der Waals surface area contributed by atoms with E-state index in [-0.39, 0.29) is 17.2 Å². The average molecular weight is 422 g/mol. The normalized spacial score (nSPS) is 14.6. The standard InChI is InChI=1S/C26H35N3O2/c1-19(2)18-24(30)27-22-10-12-23(13-11-22)28-14-16-29(17-15-28)25(31)20-6-8-21(9-7-20)26(3,4)5/h6-13,19H,14-18H2,1-5H3,(H,27,30). The molecule has 2 aromatic carbocycles. The SMILES string of the molecule is CC(C)CC(=O)Nc1ccc(N2CCN(C(=O)c3ccc(C(C)(C)C)cc3)CC2)cc1. The van der Waals surface area contributed by atoms with E-state index in [1.807, 2.05) is 55.1 Å². The molecule has 0 aliphatic carbocycles. The van der Waals surface area contributed by atoms with Gasteiger partial charge in [0.15, 0.2) is 0 Å². The van der Waals surface area contributed by atoms with Gasteiger partial charge in [-0.3, -0.25) is 9.59 Å². The second kappa shape index (κ2) is 9.54. The van der Waals surface area contributed by atoms with Gasteiger partial charge in [0.25, 0.3) is 5.91 Å². The lowest BCUT2D eigenvalue weighted by Crippen LogP contribution is -2.48. The number of carbonyl (C=O) groups is 2. The van der Waals surface area contributed by atoms with E-state index < -0.39 is 0 Å². The van der Waals surface area contributed by atoms with Crippen molar-refractivity contribution < 1.29 is 9.59 Å². The van der Waals surface area contributed by atoms with Crippen LogP contribution in [0.25, 0.3) is 0 Å². The zero-order chi connectivity index (χ0) is 22.6. The number of anilines is 2. The summed E-state index contributed by atoms with van der Waals surface area (Å²) in [6, 6.07) is 16.0. The molecule has 1 saturated heterocycles. The zero-order valence-corrected chi connectivity index (χ0v) is 19.4. The molecular formula is C26H35N3O2. The van der Waals surface area contributed by atoms with Crippen molar-refractivity contribution in [2.75, 3.05) is 36.4 Å². The molecule has 0 bridgehead atoms. The van der Waals surface area contributed by atoms with Crippen LogP contribution in [-0.4, -0.2) is 42.9 Å². The summed E-state index contributed by atoms with van der Waals surface area (Å²) in [7, 11) is 0. The van der Waals surface area contributed by atoms with Crippen LogP contribution < -0.4 is 10.2 Å². The van der Waals surface area contributed by atoms with Gasteiger partial charge in [-0.05, 0) is 53.3 Å². The molecule has 0 aromatic heterocycles. The minimum absolute atomic E-state index is 0.0467. The highest BCUT2D eigenvalue weighted by Gasteiger charge is 2.23. The predicted octanol–water partition coefficient (Wildman–Crippen LogP) is 4.93. The maximum atomic E-state index is 12.9. The van der Waals surface area contributed by atoms with Crippen LogP contribution in [0.4, 0.5) is 11.4 Å². The van der Waals surface area contributed by atoms with Gasteiger partial charge in [-0.15, -0.1) is 0 Å². The second-order valence-electron chi connectivity index (χ2n) is 9.80. The van der Waals surface area contributed by atoms with Crippen LogP contribution in [0.3, 0.4) is 0 Å². The Morgan fingerprint density at radius 3 is 2.00 bits per heavy atom. The summed E-state index contributed by atoms with van der Waals surface area (Å²) in [4.78, 5) is 29.0. The summed E-state index contributed by atoms with van der Waals surface area (Å²) in [5, 5.41) is 2.95. The van der Waals surface area contributed by atoms with Gasteiger partial charge in [0.1, 0.15) is 0 Å². The van der Waals surface area contributed by atoms with Gasteiger partial charge in [-0.1, -0.05) is 46.8 Å². The Hall–Kier alpha value is -2.82. The van der Waals surface area contributed by atoms with E-state index in [1.165, 1.54) is 5.56 Å². The molecule has 5 heteroatoms. The molecule has 2 aromatic rings. The van der Waals surface area contributed by atoms with Crippen LogP contribution in [0.1, 0.15) is 57.0 Å². The number of benzene rings is 2. The third-order valence-electron chi connectivity index (χ3n) is 5.67. The number of rotatable bonds is 5. The van der Waals surface area contributed by atoms with Crippen molar-refractivity contribution >= 4 is 23.2 Å². The van der Waals surface area contributed by atoms with Crippen LogP contribution in [0.15, 0.2) is 48.5 Å². The molecule has 1 fully saturated rings. The molecule has 1 heterocycles. The van der Waals surface area contributed by atoms with E-state index in [0.29, 0.717) is 25.4 Å². The van der Waals surface area contributed by atoms with E-state index in [4.69, 9.17) is 0 Å². The monoisotopic (exact) mass is 421 g/mol. The minimum Gasteiger partial charge on any atom is -0.368 e. The molecule has 1 aliphatic rings. The largest absolute Gasteiger partial charge is 0.368 e. The Bertz CT molecular complexity index is 888. The minimum atomic E-state index is 0.0467. The molecule has 1 aliphatic heterocycles. The highest BCUT2D eigenvalue weighted by atomic mass is 16.2. The van der Waals surface area contributed by atoms with Crippen molar-refractivity contribution in [1.29, 1.82) is 0 Å². The molecule has 3 rings (SSSR count). The first-order chi connectivity index (χ1) is 14.6. The Morgan fingerprint density at radius 1 is 0.903 bits per heavy atom. The molecule has 0 spiro atoms. The summed E-state index contributed by atoms with van der Waals surface area (Å²) in [5.41, 5.74) is 4.01. The smallest absolute Gasteiger partial charge is 0.253 e. The first kappa shape index (κ1) is 22.9. The number of piperazine rings is 1. The molecule has 166 valence electrons. The van der Waals surface area contributed by atoms with Crippen LogP contribution in [-0.2, 0) is 10.2 Å². The van der Waals surface area contributed by atoms with Gasteiger partial charge >= 0.3 is 0 Å². The Balaban J connectivity index is 1.54. The highest BCUT2D eigenvalue weighted by Crippen LogP contribution is 2.24. The maximum Gasteiger partial charge on any atom is 0.253 e. The number of carbonyl (C=O) groups excluding carboxylic acids is 2. The summed E-state index contributed by atoms with van der Waals surface area (Å²) >= 11 is 0. The van der Waals surface area contributed by atoms with Gasteiger partial charge < -0.3 is 15.1 Å². The fraction of sp³-hybridized carbons (Fsp3) is 0.462. The lowest BCUT2D eigenvalue weighted by molar-refractivity contribution is -0.116. The van der Waals surface area contributed by atoms with Crippen molar-refractivity contribution in [3.8, 4) is 0 Å². The topological polar surface area (TPSA) is 52.7 Å². The third kappa shape index (κ3) is 6.09. The van der Waals surface area contributed by atoms with Gasteiger partial charge in [0.05, 0.1) is 0 Å². The molecule has 5 nitrogen and oxygen atoms in total. The van der Waals surface area contributed by atoms with E-state index in [9.17, 15) is 9.59 Å². The van der Waals surface area contributed by atoms with Crippen molar-refractivity contribution in [1.82, 2.24) is 4.90 Å².